The number of carbonyl (C=O) groups is 2. The van der Waals surface area contributed by atoms with Crippen LogP contribution in [0.15, 0.2) is 23.1 Å². The van der Waals surface area contributed by atoms with Crippen LogP contribution in [0.1, 0.15) is 19.3 Å². The molecule has 1 fully saturated rings. The minimum atomic E-state index is -3.78. The molecule has 0 saturated carbocycles. The lowest BCUT2D eigenvalue weighted by Crippen LogP contribution is -2.50. The predicted molar refractivity (Wildman–Crippen MR) is 93.7 cm³/mol. The van der Waals surface area contributed by atoms with Crippen molar-refractivity contribution in [3.63, 3.8) is 0 Å². The van der Waals surface area contributed by atoms with Crippen LogP contribution in [0, 0.1) is 0 Å². The second-order valence-corrected chi connectivity index (χ2v) is 7.93. The summed E-state index contributed by atoms with van der Waals surface area (Å²) in [6.07, 6.45) is 0.146. The van der Waals surface area contributed by atoms with Gasteiger partial charge in [-0.1, -0.05) is 0 Å². The first-order chi connectivity index (χ1) is 12.8. The molecule has 27 heavy (non-hydrogen) atoms. The first kappa shape index (κ1) is 21.0. The fraction of sp³-hybridized carbons (Fsp3) is 0.529. The third-order valence-electron chi connectivity index (χ3n) is 4.35. The van der Waals surface area contributed by atoms with Crippen molar-refractivity contribution in [3.05, 3.63) is 18.2 Å². The van der Waals surface area contributed by atoms with Gasteiger partial charge in [0, 0.05) is 44.6 Å². The Kier molecular flexibility index (Phi) is 7.03. The minimum absolute atomic E-state index is 0.0412. The number of nitrogens with zero attached hydrogens (tertiary/aromatic N) is 2. The smallest absolute Gasteiger partial charge is 0.246 e. The molecule has 1 amide bonds. The molecule has 0 spiro atoms. The number of aliphatic carboxylic acids is 1. The summed E-state index contributed by atoms with van der Waals surface area (Å²) in [5, 5.41) is 10.4. The van der Waals surface area contributed by atoms with Crippen LogP contribution < -0.4 is 14.6 Å². The summed E-state index contributed by atoms with van der Waals surface area (Å²) < 4.78 is 37.4. The van der Waals surface area contributed by atoms with Gasteiger partial charge in [0.1, 0.15) is 16.4 Å². The van der Waals surface area contributed by atoms with Crippen molar-refractivity contribution in [3.8, 4) is 11.5 Å². The second kappa shape index (κ2) is 9.05. The SMILES string of the molecule is COc1ccc(S(=O)(=O)N2CCN(C(=O)CCCC(=O)[O-])CC2)c(OC)c1. The van der Waals surface area contributed by atoms with Gasteiger partial charge in [-0.2, -0.15) is 4.31 Å². The van der Waals surface area contributed by atoms with Crippen molar-refractivity contribution in [1.29, 1.82) is 0 Å². The summed E-state index contributed by atoms with van der Waals surface area (Å²) >= 11 is 0. The summed E-state index contributed by atoms with van der Waals surface area (Å²) in [5.41, 5.74) is 0. The molecule has 0 unspecified atom stereocenters. The van der Waals surface area contributed by atoms with E-state index in [-0.39, 0.29) is 62.0 Å². The lowest BCUT2D eigenvalue weighted by atomic mass is 10.2. The molecule has 1 aliphatic heterocycles. The Balaban J connectivity index is 2.02. The number of methoxy groups -OCH3 is 2. The largest absolute Gasteiger partial charge is 0.550 e. The first-order valence-corrected chi connectivity index (χ1v) is 9.93. The Labute approximate surface area is 158 Å². The first-order valence-electron chi connectivity index (χ1n) is 8.49. The van der Waals surface area contributed by atoms with E-state index in [9.17, 15) is 23.1 Å². The number of piperazine rings is 1. The topological polar surface area (TPSA) is 116 Å². The van der Waals surface area contributed by atoms with Crippen LogP contribution in [0.2, 0.25) is 0 Å². The number of hydrogen-bond donors (Lipinski definition) is 0. The number of carbonyl (C=O) groups excluding carboxylic acids is 2. The van der Waals surface area contributed by atoms with Crippen molar-refractivity contribution >= 4 is 21.9 Å². The Morgan fingerprint density at radius 2 is 1.74 bits per heavy atom. The molecule has 150 valence electrons. The van der Waals surface area contributed by atoms with E-state index in [1.807, 2.05) is 0 Å². The van der Waals surface area contributed by atoms with Gasteiger partial charge in [-0.05, 0) is 25.0 Å². The van der Waals surface area contributed by atoms with Gasteiger partial charge in [-0.3, -0.25) is 4.79 Å². The van der Waals surface area contributed by atoms with E-state index in [1.165, 1.54) is 30.7 Å². The molecule has 0 aromatic heterocycles. The third-order valence-corrected chi connectivity index (χ3v) is 6.29. The summed E-state index contributed by atoms with van der Waals surface area (Å²) in [5.74, 6) is -0.699. The summed E-state index contributed by atoms with van der Waals surface area (Å²) in [7, 11) is -0.914. The monoisotopic (exact) mass is 399 g/mol. The van der Waals surface area contributed by atoms with E-state index < -0.39 is 16.0 Å². The van der Waals surface area contributed by atoms with Crippen LogP contribution in [-0.2, 0) is 19.6 Å². The Morgan fingerprint density at radius 3 is 2.30 bits per heavy atom. The molecule has 1 aromatic rings. The van der Waals surface area contributed by atoms with Crippen molar-refractivity contribution in [2.45, 2.75) is 24.2 Å². The highest BCUT2D eigenvalue weighted by molar-refractivity contribution is 7.89. The van der Waals surface area contributed by atoms with Crippen LogP contribution in [0.4, 0.5) is 0 Å². The number of carboxylic acids is 1. The Hall–Kier alpha value is -2.33. The van der Waals surface area contributed by atoms with Gasteiger partial charge >= 0.3 is 0 Å². The van der Waals surface area contributed by atoms with Crippen LogP contribution in [-0.4, -0.2) is 69.9 Å². The maximum absolute atomic E-state index is 12.9. The molecule has 1 aliphatic rings. The molecule has 2 rings (SSSR count). The normalized spacial score (nSPS) is 15.4. The average molecular weight is 399 g/mol. The molecule has 0 bridgehead atoms. The van der Waals surface area contributed by atoms with Gasteiger partial charge in [0.15, 0.2) is 0 Å². The maximum Gasteiger partial charge on any atom is 0.246 e. The van der Waals surface area contributed by atoms with E-state index in [0.717, 1.165) is 0 Å². The van der Waals surface area contributed by atoms with Gasteiger partial charge in [-0.25, -0.2) is 8.42 Å². The molecule has 0 N–H and O–H groups in total. The van der Waals surface area contributed by atoms with Crippen LogP contribution >= 0.6 is 0 Å². The molecular weight excluding hydrogens is 376 g/mol. The highest BCUT2D eigenvalue weighted by atomic mass is 32.2. The lowest BCUT2D eigenvalue weighted by Gasteiger charge is -2.34. The fourth-order valence-corrected chi connectivity index (χ4v) is 4.41. The molecule has 1 heterocycles. The number of ether oxygens (including phenoxy) is 2. The zero-order valence-electron chi connectivity index (χ0n) is 15.3. The van der Waals surface area contributed by atoms with E-state index in [0.29, 0.717) is 5.75 Å². The standard InChI is InChI=1S/C17H24N2O7S/c1-25-13-6-7-15(14(12-13)26-2)27(23,24)19-10-8-18(9-11-19)16(20)4-3-5-17(21)22/h6-7,12H,3-5,8-11H2,1-2H3,(H,21,22)/p-1. The van der Waals surface area contributed by atoms with Crippen molar-refractivity contribution in [2.24, 2.45) is 0 Å². The van der Waals surface area contributed by atoms with E-state index in [1.54, 1.807) is 11.0 Å². The lowest BCUT2D eigenvalue weighted by molar-refractivity contribution is -0.305. The third kappa shape index (κ3) is 5.10. The zero-order valence-corrected chi connectivity index (χ0v) is 16.2. The molecule has 9 nitrogen and oxygen atoms in total. The summed E-state index contributed by atoms with van der Waals surface area (Å²) in [4.78, 5) is 24.1. The van der Waals surface area contributed by atoms with Gasteiger partial charge in [0.25, 0.3) is 0 Å². The number of rotatable bonds is 8. The number of hydrogen-bond acceptors (Lipinski definition) is 7. The van der Waals surface area contributed by atoms with Crippen LogP contribution in [0.3, 0.4) is 0 Å². The van der Waals surface area contributed by atoms with Gasteiger partial charge in [-0.15, -0.1) is 0 Å². The highest BCUT2D eigenvalue weighted by Gasteiger charge is 2.32. The molecule has 0 atom stereocenters. The number of benzene rings is 1. The molecule has 10 heteroatoms. The van der Waals surface area contributed by atoms with E-state index >= 15 is 0 Å². The molecule has 1 aromatic carbocycles. The number of carboxylic acid groups (broad SMARTS) is 1. The van der Waals surface area contributed by atoms with Crippen molar-refractivity contribution in [2.75, 3.05) is 40.4 Å². The van der Waals surface area contributed by atoms with Crippen molar-refractivity contribution < 1.29 is 32.6 Å². The number of amides is 1. The van der Waals surface area contributed by atoms with Gasteiger partial charge < -0.3 is 24.3 Å². The van der Waals surface area contributed by atoms with E-state index in [4.69, 9.17) is 9.47 Å². The molecular formula is C17H23N2O7S-. The van der Waals surface area contributed by atoms with Crippen LogP contribution in [0.5, 0.6) is 11.5 Å². The van der Waals surface area contributed by atoms with Gasteiger partial charge in [0.05, 0.1) is 14.2 Å². The highest BCUT2D eigenvalue weighted by Crippen LogP contribution is 2.31. The number of sulfonamides is 1. The summed E-state index contributed by atoms with van der Waals surface area (Å²) in [6, 6.07) is 4.49. The second-order valence-electron chi connectivity index (χ2n) is 6.03. The van der Waals surface area contributed by atoms with Crippen molar-refractivity contribution in [1.82, 2.24) is 9.21 Å². The zero-order chi connectivity index (χ0) is 20.0. The summed E-state index contributed by atoms with van der Waals surface area (Å²) in [6.45, 7) is 0.817. The average Bonchev–Trinajstić information content (AvgIpc) is 2.67. The quantitative estimate of drug-likeness (QED) is 0.576. The van der Waals surface area contributed by atoms with Gasteiger partial charge in [0.2, 0.25) is 15.9 Å². The Morgan fingerprint density at radius 1 is 1.07 bits per heavy atom. The minimum Gasteiger partial charge on any atom is -0.550 e. The molecule has 0 aliphatic carbocycles. The maximum atomic E-state index is 12.9. The predicted octanol–water partition coefficient (Wildman–Crippen LogP) is -0.543. The fourth-order valence-electron chi connectivity index (χ4n) is 2.85. The van der Waals surface area contributed by atoms with Crippen LogP contribution in [0.25, 0.3) is 0 Å². The molecule has 0 radical (unpaired) electrons. The Bertz CT molecular complexity index is 786. The molecule has 1 saturated heterocycles. The van der Waals surface area contributed by atoms with E-state index in [2.05, 4.69) is 0 Å².